The minimum Gasteiger partial charge on any atom is -0.315 e. The first-order valence-corrected chi connectivity index (χ1v) is 8.96. The Morgan fingerprint density at radius 2 is 1.84 bits per heavy atom. The fraction of sp³-hybridized carbons (Fsp3) is 0.238. The molecule has 0 saturated carbocycles. The van der Waals surface area contributed by atoms with Crippen LogP contribution in [0.25, 0.3) is 6.08 Å². The summed E-state index contributed by atoms with van der Waals surface area (Å²) in [7, 11) is 1.78. The molecule has 0 radical (unpaired) electrons. The van der Waals surface area contributed by atoms with Crippen LogP contribution in [0.2, 0.25) is 0 Å². The third kappa shape index (κ3) is 3.59. The average Bonchev–Trinajstić information content (AvgIpc) is 2.58. The summed E-state index contributed by atoms with van der Waals surface area (Å²) in [5.41, 5.74) is 3.26. The summed E-state index contributed by atoms with van der Waals surface area (Å²) in [5.74, 6) is 0.0628. The van der Waals surface area contributed by atoms with Crippen molar-refractivity contribution in [1.29, 1.82) is 0 Å². The number of hydrogen-bond acceptors (Lipinski definition) is 2. The number of amides is 1. The van der Waals surface area contributed by atoms with Crippen LogP contribution in [-0.2, 0) is 10.2 Å². The second-order valence-electron chi connectivity index (χ2n) is 6.99. The summed E-state index contributed by atoms with van der Waals surface area (Å²) in [6.07, 6.45) is 3.85. The summed E-state index contributed by atoms with van der Waals surface area (Å²) < 4.78 is 1.01. The smallest absolute Gasteiger partial charge is 0.227 e. The van der Waals surface area contributed by atoms with Crippen LogP contribution in [0.4, 0.5) is 5.69 Å². The highest BCUT2D eigenvalue weighted by molar-refractivity contribution is 9.10. The predicted molar refractivity (Wildman–Crippen MR) is 105 cm³/mol. The van der Waals surface area contributed by atoms with E-state index < -0.39 is 0 Å². The quantitative estimate of drug-likeness (QED) is 0.540. The van der Waals surface area contributed by atoms with Gasteiger partial charge in [0.05, 0.1) is 0 Å². The monoisotopic (exact) mass is 397 g/mol. The van der Waals surface area contributed by atoms with E-state index in [1.807, 2.05) is 56.3 Å². The van der Waals surface area contributed by atoms with Gasteiger partial charge in [-0.3, -0.25) is 9.59 Å². The van der Waals surface area contributed by atoms with Gasteiger partial charge >= 0.3 is 0 Å². The number of ketones is 1. The summed E-state index contributed by atoms with van der Waals surface area (Å²) in [6, 6.07) is 13.4. The van der Waals surface area contributed by atoms with Gasteiger partial charge in [0.1, 0.15) is 0 Å². The molecule has 1 aliphatic rings. The molecule has 0 aliphatic carbocycles. The Hall–Kier alpha value is -2.20. The topological polar surface area (TPSA) is 37.4 Å². The van der Waals surface area contributed by atoms with Crippen molar-refractivity contribution < 1.29 is 9.59 Å². The fourth-order valence-electron chi connectivity index (χ4n) is 3.09. The molecule has 0 spiro atoms. The van der Waals surface area contributed by atoms with Crippen LogP contribution in [0.15, 0.2) is 53.0 Å². The van der Waals surface area contributed by atoms with Crippen LogP contribution in [0.1, 0.15) is 41.8 Å². The van der Waals surface area contributed by atoms with Gasteiger partial charge in [0.25, 0.3) is 0 Å². The highest BCUT2D eigenvalue weighted by Gasteiger charge is 2.35. The number of fused-ring (bicyclic) bond motifs is 1. The Morgan fingerprint density at radius 1 is 1.16 bits per heavy atom. The van der Waals surface area contributed by atoms with E-state index in [9.17, 15) is 9.59 Å². The lowest BCUT2D eigenvalue weighted by atomic mass is 9.76. The van der Waals surface area contributed by atoms with Crippen molar-refractivity contribution in [2.24, 2.45) is 0 Å². The third-order valence-corrected chi connectivity index (χ3v) is 5.16. The molecule has 2 aromatic rings. The van der Waals surface area contributed by atoms with E-state index in [1.54, 1.807) is 24.1 Å². The second kappa shape index (κ2) is 6.60. The number of nitrogens with zero attached hydrogens (tertiary/aromatic N) is 1. The molecule has 3 rings (SSSR count). The number of carbonyl (C=O) groups is 2. The van der Waals surface area contributed by atoms with E-state index >= 15 is 0 Å². The molecule has 0 bridgehead atoms. The molecular weight excluding hydrogens is 378 g/mol. The van der Waals surface area contributed by atoms with Crippen LogP contribution < -0.4 is 4.90 Å². The molecule has 1 aliphatic heterocycles. The van der Waals surface area contributed by atoms with Gasteiger partial charge in [-0.2, -0.15) is 0 Å². The molecule has 0 saturated heterocycles. The largest absolute Gasteiger partial charge is 0.315 e. The SMILES string of the molecule is CN1C(=O)CC(C)(C)c2cc(C(=O)C=Cc3ccc(Br)cc3)ccc21. The fourth-order valence-corrected chi connectivity index (χ4v) is 3.36. The number of benzene rings is 2. The van der Waals surface area contributed by atoms with E-state index in [0.29, 0.717) is 12.0 Å². The van der Waals surface area contributed by atoms with E-state index in [1.165, 1.54) is 0 Å². The van der Waals surface area contributed by atoms with Crippen molar-refractivity contribution in [3.05, 3.63) is 69.7 Å². The number of hydrogen-bond donors (Lipinski definition) is 0. The molecule has 4 heteroatoms. The summed E-state index contributed by atoms with van der Waals surface area (Å²) in [4.78, 5) is 26.3. The van der Waals surface area contributed by atoms with Crippen LogP contribution in [0.3, 0.4) is 0 Å². The predicted octanol–water partition coefficient (Wildman–Crippen LogP) is 4.99. The number of rotatable bonds is 3. The molecular formula is C21H20BrNO2. The molecule has 0 fully saturated rings. The van der Waals surface area contributed by atoms with Crippen molar-refractivity contribution in [2.75, 3.05) is 11.9 Å². The van der Waals surface area contributed by atoms with Gasteiger partial charge in [-0.05, 0) is 47.5 Å². The zero-order valence-electron chi connectivity index (χ0n) is 14.5. The molecule has 0 N–H and O–H groups in total. The zero-order valence-corrected chi connectivity index (χ0v) is 16.1. The maximum Gasteiger partial charge on any atom is 0.227 e. The van der Waals surface area contributed by atoms with Crippen LogP contribution in [0.5, 0.6) is 0 Å². The summed E-state index contributed by atoms with van der Waals surface area (Å²) in [6.45, 7) is 4.09. The molecule has 0 unspecified atom stereocenters. The van der Waals surface area contributed by atoms with Crippen molar-refractivity contribution in [1.82, 2.24) is 0 Å². The van der Waals surface area contributed by atoms with Crippen molar-refractivity contribution in [3.8, 4) is 0 Å². The van der Waals surface area contributed by atoms with E-state index in [2.05, 4.69) is 15.9 Å². The normalized spacial score (nSPS) is 16.2. The third-order valence-electron chi connectivity index (χ3n) is 4.64. The number of allylic oxidation sites excluding steroid dienone is 1. The second-order valence-corrected chi connectivity index (χ2v) is 7.91. The van der Waals surface area contributed by atoms with Gasteiger partial charge < -0.3 is 4.90 Å². The highest BCUT2D eigenvalue weighted by Crippen LogP contribution is 2.40. The first-order valence-electron chi connectivity index (χ1n) is 8.17. The summed E-state index contributed by atoms with van der Waals surface area (Å²) in [5, 5.41) is 0. The molecule has 2 aromatic carbocycles. The average molecular weight is 398 g/mol. The number of halogens is 1. The van der Waals surface area contributed by atoms with Gasteiger partial charge in [0.15, 0.2) is 5.78 Å². The van der Waals surface area contributed by atoms with Crippen LogP contribution >= 0.6 is 15.9 Å². The Balaban J connectivity index is 1.90. The Kier molecular flexibility index (Phi) is 4.65. The van der Waals surface area contributed by atoms with Gasteiger partial charge in [-0.1, -0.05) is 48.0 Å². The Morgan fingerprint density at radius 3 is 2.52 bits per heavy atom. The zero-order chi connectivity index (χ0) is 18.2. The lowest BCUT2D eigenvalue weighted by molar-refractivity contribution is -0.119. The van der Waals surface area contributed by atoms with E-state index in [0.717, 1.165) is 21.3 Å². The van der Waals surface area contributed by atoms with Crippen LogP contribution in [-0.4, -0.2) is 18.7 Å². The van der Waals surface area contributed by atoms with Crippen molar-refractivity contribution in [3.63, 3.8) is 0 Å². The molecule has 128 valence electrons. The minimum absolute atomic E-state index is 0.0407. The van der Waals surface area contributed by atoms with E-state index in [4.69, 9.17) is 0 Å². The highest BCUT2D eigenvalue weighted by atomic mass is 79.9. The first kappa shape index (κ1) is 17.6. The lowest BCUT2D eigenvalue weighted by Crippen LogP contribution is -2.39. The van der Waals surface area contributed by atoms with E-state index in [-0.39, 0.29) is 17.1 Å². The van der Waals surface area contributed by atoms with Crippen molar-refractivity contribution in [2.45, 2.75) is 25.7 Å². The lowest BCUT2D eigenvalue weighted by Gasteiger charge is -2.37. The Bertz CT molecular complexity index is 866. The first-order chi connectivity index (χ1) is 11.8. The van der Waals surface area contributed by atoms with Gasteiger partial charge in [-0.25, -0.2) is 0 Å². The molecule has 1 amide bonds. The minimum atomic E-state index is -0.273. The molecule has 3 nitrogen and oxygen atoms in total. The summed E-state index contributed by atoms with van der Waals surface area (Å²) >= 11 is 3.40. The standard InChI is InChI=1S/C21H20BrNO2/c1-21(2)13-20(25)23(3)18-10-7-15(12-17(18)21)19(24)11-6-14-4-8-16(22)9-5-14/h4-12H,13H2,1-3H3. The molecule has 1 heterocycles. The maximum atomic E-state index is 12.6. The molecule has 25 heavy (non-hydrogen) atoms. The van der Waals surface area contributed by atoms with Gasteiger partial charge in [-0.15, -0.1) is 0 Å². The molecule has 0 aromatic heterocycles. The van der Waals surface area contributed by atoms with Crippen molar-refractivity contribution >= 4 is 39.4 Å². The maximum absolute atomic E-state index is 12.6. The van der Waals surface area contributed by atoms with Gasteiger partial charge in [0.2, 0.25) is 5.91 Å². The van der Waals surface area contributed by atoms with Gasteiger partial charge in [0, 0.05) is 34.6 Å². The Labute approximate surface area is 156 Å². The number of carbonyl (C=O) groups excluding carboxylic acids is 2. The van der Waals surface area contributed by atoms with Crippen LogP contribution in [0, 0.1) is 0 Å². The molecule has 0 atom stereocenters. The number of anilines is 1.